The molecule has 1 fully saturated rings. The highest BCUT2D eigenvalue weighted by Gasteiger charge is 2.28. The summed E-state index contributed by atoms with van der Waals surface area (Å²) in [6, 6.07) is 7.40. The van der Waals surface area contributed by atoms with E-state index in [2.05, 4.69) is 10.3 Å². The first kappa shape index (κ1) is 31.5. The third-order valence-corrected chi connectivity index (χ3v) is 7.66. The molecule has 0 saturated carbocycles. The van der Waals surface area contributed by atoms with Crippen LogP contribution in [-0.2, 0) is 33.8 Å². The Balaban J connectivity index is 1.53. The van der Waals surface area contributed by atoms with Crippen LogP contribution in [0.1, 0.15) is 62.2 Å². The van der Waals surface area contributed by atoms with Gasteiger partial charge in [0.05, 0.1) is 23.2 Å². The number of halogens is 1. The van der Waals surface area contributed by atoms with Gasteiger partial charge in [0.1, 0.15) is 17.2 Å². The van der Waals surface area contributed by atoms with Gasteiger partial charge >= 0.3 is 6.16 Å². The Morgan fingerprint density at radius 1 is 1.24 bits per heavy atom. The molecule has 1 N–H and O–H groups in total. The molecule has 1 atom stereocenters. The first-order valence-corrected chi connectivity index (χ1v) is 14.8. The van der Waals surface area contributed by atoms with Gasteiger partial charge < -0.3 is 23.9 Å². The summed E-state index contributed by atoms with van der Waals surface area (Å²) >= 11 is -2.52. The highest BCUT2D eigenvalue weighted by Crippen LogP contribution is 2.34. The Morgan fingerprint density at radius 3 is 2.48 bits per heavy atom. The zero-order chi connectivity index (χ0) is 30.6. The van der Waals surface area contributed by atoms with Crippen LogP contribution in [0.4, 0.5) is 9.18 Å². The predicted molar refractivity (Wildman–Crippen MR) is 153 cm³/mol. The van der Waals surface area contributed by atoms with Gasteiger partial charge in [0.2, 0.25) is 5.71 Å². The minimum Gasteiger partial charge on any atom is -0.760 e. The number of aromatic nitrogens is 1. The molecule has 0 aliphatic carbocycles. The molecule has 1 aliphatic rings. The quantitative estimate of drug-likeness (QED) is 0.272. The molecule has 0 bridgehead atoms. The van der Waals surface area contributed by atoms with Crippen LogP contribution < -0.4 is 5.32 Å². The molecule has 1 saturated heterocycles. The molecule has 11 nitrogen and oxygen atoms in total. The van der Waals surface area contributed by atoms with Crippen LogP contribution >= 0.6 is 0 Å². The molecule has 4 rings (SSSR count). The lowest BCUT2D eigenvalue weighted by molar-refractivity contribution is -0.155. The second kappa shape index (κ2) is 13.3. The second-order valence-electron chi connectivity index (χ2n) is 11.2. The molecule has 3 aromatic rings. The molecule has 1 aromatic carbocycles. The predicted octanol–water partition coefficient (Wildman–Crippen LogP) is 4.73. The molecule has 13 heteroatoms. The number of furan rings is 1. The van der Waals surface area contributed by atoms with Crippen molar-refractivity contribution in [3.63, 3.8) is 0 Å². The highest BCUT2D eigenvalue weighted by atomic mass is 32.2. The van der Waals surface area contributed by atoms with Gasteiger partial charge in [0, 0.05) is 43.5 Å². The number of ether oxygens (including phenoxy) is 1. The summed E-state index contributed by atoms with van der Waals surface area (Å²) in [5.41, 5.74) is 1.60. The van der Waals surface area contributed by atoms with E-state index in [1.54, 1.807) is 26.8 Å². The first-order valence-electron chi connectivity index (χ1n) is 13.8. The van der Waals surface area contributed by atoms with Crippen LogP contribution in [0.15, 0.2) is 34.7 Å². The van der Waals surface area contributed by atoms with E-state index in [0.29, 0.717) is 49.0 Å². The number of hydrogen-bond acceptors (Lipinski definition) is 9. The van der Waals surface area contributed by atoms with Gasteiger partial charge in [-0.1, -0.05) is 6.92 Å². The van der Waals surface area contributed by atoms with Crippen LogP contribution in [-0.4, -0.2) is 67.5 Å². The Bertz CT molecular complexity index is 1450. The molecule has 0 radical (unpaired) electrons. The van der Waals surface area contributed by atoms with E-state index < -0.39 is 28.8 Å². The Labute approximate surface area is 246 Å². The molecule has 1 amide bonds. The number of nitrogens with zero attached hydrogens (tertiary/aromatic N) is 3. The van der Waals surface area contributed by atoms with Gasteiger partial charge in [-0.2, -0.15) is 0 Å². The number of benzene rings is 1. The van der Waals surface area contributed by atoms with Crippen molar-refractivity contribution in [2.75, 3.05) is 26.7 Å². The van der Waals surface area contributed by atoms with Gasteiger partial charge in [-0.15, -0.1) is 5.06 Å². The van der Waals surface area contributed by atoms with Crippen LogP contribution in [0.25, 0.3) is 22.4 Å². The van der Waals surface area contributed by atoms with Gasteiger partial charge in [-0.25, -0.2) is 18.5 Å². The minimum atomic E-state index is -2.52. The van der Waals surface area contributed by atoms with E-state index in [1.807, 2.05) is 6.92 Å². The van der Waals surface area contributed by atoms with Crippen LogP contribution in [0.5, 0.6) is 0 Å². The van der Waals surface area contributed by atoms with Crippen LogP contribution in [0.3, 0.4) is 0 Å². The van der Waals surface area contributed by atoms with Crippen molar-refractivity contribution in [3.05, 3.63) is 53.0 Å². The van der Waals surface area contributed by atoms with Crippen molar-refractivity contribution in [2.45, 2.75) is 59.1 Å². The first-order chi connectivity index (χ1) is 19.9. The molecule has 1 aliphatic heterocycles. The number of nitrogens with one attached hydrogen (secondary N) is 1. The zero-order valence-corrected chi connectivity index (χ0v) is 25.2. The van der Waals surface area contributed by atoms with Gasteiger partial charge in [0.15, 0.2) is 0 Å². The number of hydrogen-bond donors (Lipinski definition) is 1. The van der Waals surface area contributed by atoms with Crippen molar-refractivity contribution in [1.29, 1.82) is 0 Å². The van der Waals surface area contributed by atoms with Crippen molar-refractivity contribution in [3.8, 4) is 11.3 Å². The second-order valence-corrected chi connectivity index (χ2v) is 12.1. The van der Waals surface area contributed by atoms with Crippen molar-refractivity contribution >= 4 is 34.4 Å². The normalized spacial score (nSPS) is 15.6. The molecular weight excluding hydrogens is 567 g/mol. The largest absolute Gasteiger partial charge is 0.760 e. The maximum absolute atomic E-state index is 13.6. The number of rotatable bonds is 9. The smallest absolute Gasteiger partial charge is 0.528 e. The standard InChI is InChI=1S/C29H37FN4O7S/c1-6-19-15-22-24(26(35)31-5)25(20-7-9-21(30)10-8-20)39-27(22)32-23(19)17-34(42(37)38)16-18-11-13-33(14-12-18)41-28(36)40-29(2,3)4/h7-10,15,18H,6,11-14,16-17H2,1-5H3,(H,31,35)(H,37,38)/p-1. The minimum absolute atomic E-state index is 0.0196. The van der Waals surface area contributed by atoms with Crippen LogP contribution in [0.2, 0.25) is 0 Å². The number of pyridine rings is 1. The summed E-state index contributed by atoms with van der Waals surface area (Å²) in [6.45, 7) is 8.38. The van der Waals surface area contributed by atoms with Gasteiger partial charge in [-0.05, 0) is 81.8 Å². The van der Waals surface area contributed by atoms with Gasteiger partial charge in [0.25, 0.3) is 5.91 Å². The van der Waals surface area contributed by atoms with Crippen molar-refractivity contribution < 1.29 is 36.7 Å². The monoisotopic (exact) mass is 603 g/mol. The number of carbonyl (C=O) groups excluding carboxylic acids is 2. The van der Waals surface area contributed by atoms with E-state index in [0.717, 1.165) is 5.56 Å². The maximum Gasteiger partial charge on any atom is 0.528 e. The lowest BCUT2D eigenvalue weighted by Gasteiger charge is -2.34. The zero-order valence-electron chi connectivity index (χ0n) is 24.4. The lowest BCUT2D eigenvalue weighted by atomic mass is 9.98. The summed E-state index contributed by atoms with van der Waals surface area (Å²) in [5, 5.41) is 4.64. The third-order valence-electron chi connectivity index (χ3n) is 6.96. The van der Waals surface area contributed by atoms with E-state index in [-0.39, 0.29) is 42.0 Å². The molecule has 0 spiro atoms. The number of hydroxylamine groups is 2. The van der Waals surface area contributed by atoms with E-state index in [1.165, 1.54) is 40.7 Å². The third kappa shape index (κ3) is 7.71. The Hall–Kier alpha value is -3.39. The Morgan fingerprint density at radius 2 is 1.90 bits per heavy atom. The number of fused-ring (bicyclic) bond motifs is 1. The lowest BCUT2D eigenvalue weighted by Crippen LogP contribution is -2.41. The highest BCUT2D eigenvalue weighted by molar-refractivity contribution is 7.76. The Kier molecular flexibility index (Phi) is 9.97. The number of piperidine rings is 1. The summed E-state index contributed by atoms with van der Waals surface area (Å²) in [6.07, 6.45) is 1.02. The van der Waals surface area contributed by atoms with Crippen molar-refractivity contribution in [2.24, 2.45) is 5.92 Å². The fraction of sp³-hybridized carbons (Fsp3) is 0.483. The molecule has 1 unspecified atom stereocenters. The average Bonchev–Trinajstić information content (AvgIpc) is 3.30. The number of amides is 1. The average molecular weight is 604 g/mol. The molecule has 228 valence electrons. The fourth-order valence-corrected chi connectivity index (χ4v) is 5.45. The van der Waals surface area contributed by atoms with Crippen molar-refractivity contribution in [1.82, 2.24) is 19.7 Å². The van der Waals surface area contributed by atoms with E-state index in [9.17, 15) is 22.7 Å². The summed E-state index contributed by atoms with van der Waals surface area (Å²) in [7, 11) is 1.51. The van der Waals surface area contributed by atoms with E-state index >= 15 is 0 Å². The molecule has 42 heavy (non-hydrogen) atoms. The topological polar surface area (TPSA) is 137 Å². The summed E-state index contributed by atoms with van der Waals surface area (Å²) in [5.74, 6) is -0.504. The molecule has 3 heterocycles. The fourth-order valence-electron chi connectivity index (χ4n) is 4.89. The number of carbonyl (C=O) groups is 2. The van der Waals surface area contributed by atoms with Crippen LogP contribution in [0, 0.1) is 11.7 Å². The SMILES string of the molecule is CCc1cc2c(C(=O)NC)c(-c3ccc(F)cc3)oc2nc1CN(CC1CCN(OC(=O)OC(C)(C)C)CC1)S(=O)[O-]. The maximum atomic E-state index is 13.6. The summed E-state index contributed by atoms with van der Waals surface area (Å²) < 4.78 is 50.7. The molecule has 2 aromatic heterocycles. The van der Waals surface area contributed by atoms with E-state index in [4.69, 9.17) is 14.0 Å². The van der Waals surface area contributed by atoms with Gasteiger partial charge in [-0.3, -0.25) is 9.00 Å². The molecular formula is C29H36FN4O7S-. The summed E-state index contributed by atoms with van der Waals surface area (Å²) in [4.78, 5) is 34.8. The number of aryl methyl sites for hydroxylation is 1.